The van der Waals surface area contributed by atoms with Crippen LogP contribution in [0.4, 0.5) is 5.00 Å². The molecule has 2 aromatic heterocycles. The number of benzene rings is 1. The van der Waals surface area contributed by atoms with Gasteiger partial charge in [-0.2, -0.15) is 0 Å². The van der Waals surface area contributed by atoms with Gasteiger partial charge in [0, 0.05) is 40.4 Å². The summed E-state index contributed by atoms with van der Waals surface area (Å²) < 4.78 is 1.40. The fourth-order valence-electron chi connectivity index (χ4n) is 3.40. The average Bonchev–Trinajstić information content (AvgIpc) is 3.17. The third-order valence-corrected chi connectivity index (χ3v) is 8.52. The highest BCUT2D eigenvalue weighted by Crippen LogP contribution is 2.53. The van der Waals surface area contributed by atoms with Crippen LogP contribution in [0, 0.1) is 12.3 Å². The zero-order valence-corrected chi connectivity index (χ0v) is 17.2. The lowest BCUT2D eigenvalue weighted by atomic mass is 10.0. The molecule has 0 saturated carbocycles. The first-order valence-corrected chi connectivity index (χ1v) is 11.2. The molecule has 0 spiro atoms. The Bertz CT molecular complexity index is 973. The number of thiophene rings is 1. The molecular formula is C20H21N2PS2. The molecule has 1 N–H and O–H groups in total. The predicted molar refractivity (Wildman–Crippen MR) is 115 cm³/mol. The molecule has 0 unspecified atom stereocenters. The van der Waals surface area contributed by atoms with E-state index < -0.39 is 0 Å². The minimum atomic E-state index is 0.780. The van der Waals surface area contributed by atoms with Gasteiger partial charge >= 0.3 is 0 Å². The van der Waals surface area contributed by atoms with E-state index >= 15 is 0 Å². The maximum Gasteiger partial charge on any atom is 0.0924 e. The van der Waals surface area contributed by atoms with Gasteiger partial charge in [0.05, 0.1) is 14.7 Å². The zero-order chi connectivity index (χ0) is 17.6. The van der Waals surface area contributed by atoms with E-state index in [0.29, 0.717) is 0 Å². The van der Waals surface area contributed by atoms with Crippen LogP contribution in [0.15, 0.2) is 35.2 Å². The summed E-state index contributed by atoms with van der Waals surface area (Å²) in [4.78, 5) is 3.77. The highest BCUT2D eigenvalue weighted by Gasteiger charge is 2.26. The van der Waals surface area contributed by atoms with Gasteiger partial charge in [-0.05, 0) is 38.0 Å². The fraction of sp³-hybridized carbons (Fsp3) is 0.300. The molecule has 0 amide bonds. The molecule has 1 aromatic carbocycles. The number of aryl methyl sites for hydroxylation is 1. The first-order valence-electron chi connectivity index (χ1n) is 8.65. The fourth-order valence-corrected chi connectivity index (χ4v) is 7.57. The summed E-state index contributed by atoms with van der Waals surface area (Å²) >= 11 is 3.58. The van der Waals surface area contributed by atoms with Gasteiger partial charge in [0.2, 0.25) is 0 Å². The van der Waals surface area contributed by atoms with E-state index in [1.165, 1.54) is 49.9 Å². The lowest BCUT2D eigenvalue weighted by Gasteiger charge is -2.17. The van der Waals surface area contributed by atoms with Gasteiger partial charge in [0.1, 0.15) is 0 Å². The van der Waals surface area contributed by atoms with Gasteiger partial charge in [-0.15, -0.1) is 11.3 Å². The molecule has 0 atom stereocenters. The summed E-state index contributed by atoms with van der Waals surface area (Å²) in [6.07, 6.45) is 0.812. The summed E-state index contributed by atoms with van der Waals surface area (Å²) in [6.45, 7) is 8.72. The highest BCUT2D eigenvalue weighted by atomic mass is 32.2. The molecule has 25 heavy (non-hydrogen) atoms. The maximum absolute atomic E-state index is 8.18. The second-order valence-corrected chi connectivity index (χ2v) is 9.63. The number of thioether (sulfide) groups is 1. The monoisotopic (exact) mass is 384 g/mol. The zero-order valence-electron chi connectivity index (χ0n) is 14.7. The Labute approximate surface area is 158 Å². The Morgan fingerprint density at radius 2 is 1.96 bits per heavy atom. The van der Waals surface area contributed by atoms with Gasteiger partial charge in [0.15, 0.2) is 0 Å². The molecular weight excluding hydrogens is 363 g/mol. The van der Waals surface area contributed by atoms with Crippen molar-refractivity contribution in [1.82, 2.24) is 0 Å². The molecule has 3 heterocycles. The van der Waals surface area contributed by atoms with Crippen molar-refractivity contribution in [2.75, 3.05) is 18.0 Å². The predicted octanol–water partition coefficient (Wildman–Crippen LogP) is 6.93. The van der Waals surface area contributed by atoms with E-state index in [1.54, 1.807) is 11.8 Å². The van der Waals surface area contributed by atoms with Crippen molar-refractivity contribution >= 4 is 51.2 Å². The minimum absolute atomic E-state index is 0.780. The van der Waals surface area contributed by atoms with Crippen molar-refractivity contribution in [3.63, 3.8) is 0 Å². The number of rotatable bonds is 4. The number of fused-ring (bicyclic) bond motifs is 2. The van der Waals surface area contributed by atoms with Crippen LogP contribution in [0.25, 0.3) is 20.9 Å². The van der Waals surface area contributed by atoms with Gasteiger partial charge in [-0.3, -0.25) is 5.41 Å². The Morgan fingerprint density at radius 1 is 1.20 bits per heavy atom. The Morgan fingerprint density at radius 3 is 2.68 bits per heavy atom. The quantitative estimate of drug-likeness (QED) is 0.528. The third kappa shape index (κ3) is 2.91. The van der Waals surface area contributed by atoms with Crippen molar-refractivity contribution in [3.8, 4) is 11.1 Å². The molecule has 128 valence electrons. The normalized spacial score (nSPS) is 13.8. The number of anilines is 1. The maximum atomic E-state index is 8.18. The molecule has 2 nitrogen and oxygen atoms in total. The summed E-state index contributed by atoms with van der Waals surface area (Å²) in [7, 11) is 1.30. The molecule has 0 bridgehead atoms. The molecule has 3 aromatic rings. The van der Waals surface area contributed by atoms with Crippen LogP contribution in [0.3, 0.4) is 0 Å². The van der Waals surface area contributed by atoms with Crippen molar-refractivity contribution in [3.05, 3.63) is 41.2 Å². The molecule has 4 rings (SSSR count). The smallest absolute Gasteiger partial charge is 0.0924 e. The average molecular weight is 385 g/mol. The number of hydrogen-bond donors (Lipinski definition) is 1. The molecule has 5 heteroatoms. The van der Waals surface area contributed by atoms with E-state index in [1.807, 2.05) is 11.3 Å². The number of hydrogen-bond acceptors (Lipinski definition) is 4. The first kappa shape index (κ1) is 17.1. The van der Waals surface area contributed by atoms with Crippen LogP contribution < -0.4 is 4.90 Å². The van der Waals surface area contributed by atoms with Gasteiger partial charge in [-0.25, -0.2) is 0 Å². The van der Waals surface area contributed by atoms with E-state index in [2.05, 4.69) is 56.0 Å². The topological polar surface area (TPSA) is 27.1 Å². The summed E-state index contributed by atoms with van der Waals surface area (Å²) in [5, 5.41) is 13.2. The molecule has 0 saturated heterocycles. The van der Waals surface area contributed by atoms with Crippen molar-refractivity contribution < 1.29 is 0 Å². The molecule has 1 aliphatic rings. The van der Waals surface area contributed by atoms with Crippen LogP contribution >= 0.6 is 31.3 Å². The first-order chi connectivity index (χ1) is 12.1. The third-order valence-electron chi connectivity index (χ3n) is 4.71. The second-order valence-electron chi connectivity index (χ2n) is 6.25. The Balaban J connectivity index is 2.03. The molecule has 0 fully saturated rings. The van der Waals surface area contributed by atoms with Crippen LogP contribution in [0.1, 0.15) is 24.7 Å². The molecule has 0 radical (unpaired) electrons. The Hall–Kier alpha value is -1.35. The van der Waals surface area contributed by atoms with Crippen LogP contribution in [0.5, 0.6) is 0 Å². The van der Waals surface area contributed by atoms with Crippen molar-refractivity contribution in [2.45, 2.75) is 32.1 Å². The van der Waals surface area contributed by atoms with E-state index in [0.717, 1.165) is 24.6 Å². The van der Waals surface area contributed by atoms with Crippen molar-refractivity contribution in [2.24, 2.45) is 0 Å². The van der Waals surface area contributed by atoms with Crippen LogP contribution in [0.2, 0.25) is 0 Å². The lowest BCUT2D eigenvalue weighted by molar-refractivity contribution is 0.877. The van der Waals surface area contributed by atoms with Gasteiger partial charge in [0.25, 0.3) is 0 Å². The highest BCUT2D eigenvalue weighted by molar-refractivity contribution is 8.14. The van der Waals surface area contributed by atoms with Crippen molar-refractivity contribution in [1.29, 1.82) is 5.41 Å². The number of nitrogens with zero attached hydrogens (tertiary/aromatic N) is 1. The number of nitrogens with one attached hydrogen (secondary N) is 1. The molecule has 0 aliphatic carbocycles. The standard InChI is InChI=1S/C20H21N2PS2/c1-4-22(5-2)17-11-15-20(25-17)18(13-9-7-6-8-12(13)3)19-14(23-15)10-16(21)24-19/h6-9,11,21H,4-5,10H2,1-3H3. The summed E-state index contributed by atoms with van der Waals surface area (Å²) in [6, 6.07) is 11.0. The van der Waals surface area contributed by atoms with E-state index in [4.69, 9.17) is 5.41 Å². The largest absolute Gasteiger partial charge is 0.364 e. The second kappa shape index (κ2) is 6.75. The van der Waals surface area contributed by atoms with Crippen LogP contribution in [-0.2, 0) is 6.42 Å². The van der Waals surface area contributed by atoms with Gasteiger partial charge in [-0.1, -0.05) is 44.2 Å². The SMILES string of the molecule is CCN(CC)c1cc2pc3c(c(-c4ccccc4C)c2s1)SC(=N)C3. The molecule has 1 aliphatic heterocycles. The summed E-state index contributed by atoms with van der Waals surface area (Å²) in [5.41, 5.74) is 3.99. The Kier molecular flexibility index (Phi) is 4.61. The lowest BCUT2D eigenvalue weighted by Crippen LogP contribution is -2.20. The minimum Gasteiger partial charge on any atom is -0.364 e. The van der Waals surface area contributed by atoms with E-state index in [-0.39, 0.29) is 0 Å². The van der Waals surface area contributed by atoms with Crippen LogP contribution in [-0.4, -0.2) is 18.1 Å². The van der Waals surface area contributed by atoms with E-state index in [9.17, 15) is 0 Å². The summed E-state index contributed by atoms with van der Waals surface area (Å²) in [5.74, 6) is 0. The van der Waals surface area contributed by atoms with Gasteiger partial charge < -0.3 is 4.90 Å².